The monoisotopic (exact) mass is 610 g/mol. The molecule has 0 radical (unpaired) electrons. The Bertz CT molecular complexity index is 1560. The molecule has 3 heterocycles. The molecule has 14 nitrogen and oxygen atoms in total. The van der Waals surface area contributed by atoms with Gasteiger partial charge in [0.1, 0.15) is 24.1 Å². The summed E-state index contributed by atoms with van der Waals surface area (Å²) >= 11 is 0. The average Bonchev–Trinajstić information content (AvgIpc) is 3.50. The third-order valence-corrected chi connectivity index (χ3v) is 9.69. The zero-order chi connectivity index (χ0) is 29.2. The molecule has 41 heavy (non-hydrogen) atoms. The lowest BCUT2D eigenvalue weighted by molar-refractivity contribution is -0.153. The van der Waals surface area contributed by atoms with Gasteiger partial charge in [0.15, 0.2) is 12.5 Å². The van der Waals surface area contributed by atoms with E-state index >= 15 is 0 Å². The minimum Gasteiger partial charge on any atom is -0.497 e. The van der Waals surface area contributed by atoms with Crippen LogP contribution in [0.3, 0.4) is 0 Å². The van der Waals surface area contributed by atoms with E-state index in [-0.39, 0.29) is 5.30 Å². The zero-order valence-corrected chi connectivity index (χ0v) is 23.5. The summed E-state index contributed by atoms with van der Waals surface area (Å²) in [6, 6.07) is 16.0. The van der Waals surface area contributed by atoms with E-state index in [2.05, 4.69) is 9.29 Å². The van der Waals surface area contributed by atoms with Crippen LogP contribution in [0.4, 0.5) is 0 Å². The van der Waals surface area contributed by atoms with E-state index < -0.39 is 64.1 Å². The van der Waals surface area contributed by atoms with Gasteiger partial charge in [-0.3, -0.25) is 23.4 Å². The third kappa shape index (κ3) is 6.95. The summed E-state index contributed by atoms with van der Waals surface area (Å²) in [5.74, 6) is 0.405. The number of aromatic amines is 1. The van der Waals surface area contributed by atoms with Crippen LogP contribution in [0.25, 0.3) is 0 Å². The number of rotatable bonds is 11. The highest BCUT2D eigenvalue weighted by Crippen LogP contribution is 2.59. The molecule has 1 aromatic heterocycles. The van der Waals surface area contributed by atoms with Gasteiger partial charge < -0.3 is 28.7 Å². The molecule has 16 heteroatoms. The van der Waals surface area contributed by atoms with E-state index in [4.69, 9.17) is 23.5 Å². The van der Waals surface area contributed by atoms with Crippen LogP contribution in [-0.2, 0) is 38.6 Å². The highest BCUT2D eigenvalue weighted by molar-refractivity contribution is 7.69. The first-order valence-electron chi connectivity index (χ1n) is 12.5. The van der Waals surface area contributed by atoms with Crippen molar-refractivity contribution in [2.75, 3.05) is 13.7 Å². The molecular formula is C25H28N2O12P2. The van der Waals surface area contributed by atoms with Crippen LogP contribution >= 0.6 is 15.4 Å². The fourth-order valence-electron chi connectivity index (χ4n) is 4.60. The number of hydrogen-bond acceptors (Lipinski definition) is 10. The summed E-state index contributed by atoms with van der Waals surface area (Å²) in [7, 11) is -8.45. The van der Waals surface area contributed by atoms with Gasteiger partial charge in [-0.25, -0.2) is 13.7 Å². The zero-order valence-electron chi connectivity index (χ0n) is 21.7. The summed E-state index contributed by atoms with van der Waals surface area (Å²) in [4.78, 5) is 46.8. The Hall–Kier alpha value is -2.90. The number of nitrogens with one attached hydrogen (secondary N) is 1. The highest BCUT2D eigenvalue weighted by atomic mass is 31.3. The van der Waals surface area contributed by atoms with Gasteiger partial charge in [-0.15, -0.1) is 0 Å². The van der Waals surface area contributed by atoms with Crippen molar-refractivity contribution in [2.45, 2.75) is 43.7 Å². The van der Waals surface area contributed by atoms with E-state index in [9.17, 15) is 28.5 Å². The van der Waals surface area contributed by atoms with E-state index in [1.54, 1.807) is 0 Å². The topological polar surface area (TPSA) is 185 Å². The average molecular weight is 610 g/mol. The number of phosphoric ester groups is 1. The Morgan fingerprint density at radius 2 is 1.66 bits per heavy atom. The molecule has 4 unspecified atom stereocenters. The van der Waals surface area contributed by atoms with E-state index in [1.807, 2.05) is 30.3 Å². The van der Waals surface area contributed by atoms with Crippen LogP contribution in [-0.4, -0.2) is 57.7 Å². The fraction of sp³-hybridized carbons (Fsp3) is 0.360. The molecule has 220 valence electrons. The lowest BCUT2D eigenvalue weighted by atomic mass is 10.1. The normalized spacial score (nSPS) is 26.7. The molecule has 0 bridgehead atoms. The van der Waals surface area contributed by atoms with Crippen molar-refractivity contribution in [3.63, 3.8) is 0 Å². The van der Waals surface area contributed by atoms with Gasteiger partial charge in [0.2, 0.25) is 0 Å². The second kappa shape index (κ2) is 12.1. The predicted molar refractivity (Wildman–Crippen MR) is 143 cm³/mol. The van der Waals surface area contributed by atoms with Crippen molar-refractivity contribution in [1.82, 2.24) is 9.55 Å². The van der Waals surface area contributed by atoms with Crippen LogP contribution in [0, 0.1) is 0 Å². The Morgan fingerprint density at radius 3 is 2.34 bits per heavy atom. The molecule has 0 spiro atoms. The Labute approximate surface area is 233 Å². The molecule has 3 N–H and O–H groups in total. The molecule has 2 aliphatic heterocycles. The molecule has 7 atom stereocenters. The van der Waals surface area contributed by atoms with Gasteiger partial charge in [0, 0.05) is 18.7 Å². The van der Waals surface area contributed by atoms with Gasteiger partial charge in [-0.2, -0.15) is 0 Å². The lowest BCUT2D eigenvalue weighted by Crippen LogP contribution is -2.36. The molecule has 2 saturated heterocycles. The first-order valence-corrected chi connectivity index (χ1v) is 15.6. The number of nitrogens with zero attached hydrogens (tertiary/aromatic N) is 1. The van der Waals surface area contributed by atoms with Crippen molar-refractivity contribution in [1.29, 1.82) is 0 Å². The summed E-state index contributed by atoms with van der Waals surface area (Å²) < 4.78 is 59.2. The maximum Gasteiger partial charge on any atom is 0.479 e. The molecule has 2 fully saturated rings. The molecule has 0 amide bonds. The standard InChI is InChI=1S/C25H28N2O12P2/c1-34-17-8-10-18(11-9-17)40(30,31)39-41(32,33)35-15-19-22-23(24(36-19)27-14-13-20(28)26-25(27)29)38-21(37-22)12-7-16-5-3-2-4-6-16/h2-6,8-11,13-14,19,21-24H,7,12,15H2,1H3,(H,30,31)(H,32,33)(H,26,28,29)/t19-,21?,22+,23?,24-/m1/s1. The minimum atomic E-state index is -5.10. The van der Waals surface area contributed by atoms with Crippen molar-refractivity contribution in [2.24, 2.45) is 0 Å². The number of fused-ring (bicyclic) bond motifs is 1. The molecule has 0 saturated carbocycles. The van der Waals surface area contributed by atoms with Gasteiger partial charge in [0.25, 0.3) is 5.56 Å². The predicted octanol–water partition coefficient (Wildman–Crippen LogP) is 1.83. The number of benzene rings is 2. The molecule has 3 aromatic rings. The van der Waals surface area contributed by atoms with Crippen molar-refractivity contribution in [3.8, 4) is 5.75 Å². The number of aryl methyl sites for hydroxylation is 1. The lowest BCUT2D eigenvalue weighted by Gasteiger charge is -2.22. The molecule has 2 aliphatic rings. The van der Waals surface area contributed by atoms with Gasteiger partial charge in [-0.1, -0.05) is 30.3 Å². The molecule has 0 aliphatic carbocycles. The second-order valence-electron chi connectivity index (χ2n) is 9.30. The van der Waals surface area contributed by atoms with Crippen LogP contribution in [0.15, 0.2) is 76.4 Å². The van der Waals surface area contributed by atoms with Crippen molar-refractivity contribution < 1.29 is 46.7 Å². The first-order chi connectivity index (χ1) is 19.5. The first kappa shape index (κ1) is 29.6. The fourth-order valence-corrected chi connectivity index (χ4v) is 7.15. The number of ether oxygens (including phenoxy) is 4. The highest BCUT2D eigenvalue weighted by Gasteiger charge is 2.54. The number of hydrogen-bond donors (Lipinski definition) is 3. The summed E-state index contributed by atoms with van der Waals surface area (Å²) in [5.41, 5.74) is -0.297. The second-order valence-corrected chi connectivity index (χ2v) is 12.7. The van der Waals surface area contributed by atoms with Crippen molar-refractivity contribution >= 4 is 20.7 Å². The minimum absolute atomic E-state index is 0.250. The van der Waals surface area contributed by atoms with Crippen LogP contribution in [0.5, 0.6) is 5.75 Å². The summed E-state index contributed by atoms with van der Waals surface area (Å²) in [6.07, 6.45) is -2.15. The number of H-pyrrole nitrogens is 1. The van der Waals surface area contributed by atoms with Gasteiger partial charge in [0.05, 0.1) is 19.0 Å². The van der Waals surface area contributed by atoms with Crippen LogP contribution < -0.4 is 21.3 Å². The summed E-state index contributed by atoms with van der Waals surface area (Å²) in [6.45, 7) is -0.610. The van der Waals surface area contributed by atoms with Crippen molar-refractivity contribution in [3.05, 3.63) is 93.3 Å². The van der Waals surface area contributed by atoms with Gasteiger partial charge >= 0.3 is 21.1 Å². The van der Waals surface area contributed by atoms with E-state index in [0.29, 0.717) is 18.6 Å². The molecule has 2 aromatic carbocycles. The Morgan fingerprint density at radius 1 is 0.951 bits per heavy atom. The maximum atomic E-state index is 12.7. The third-order valence-electron chi connectivity index (χ3n) is 6.55. The quantitative estimate of drug-likeness (QED) is 0.268. The van der Waals surface area contributed by atoms with E-state index in [1.165, 1.54) is 37.6 Å². The number of aromatic nitrogens is 2. The van der Waals surface area contributed by atoms with Crippen LogP contribution in [0.2, 0.25) is 0 Å². The van der Waals surface area contributed by atoms with E-state index in [0.717, 1.165) is 16.2 Å². The molecular weight excluding hydrogens is 582 g/mol. The number of phosphoric acid groups is 1. The number of methoxy groups -OCH3 is 1. The maximum absolute atomic E-state index is 12.7. The smallest absolute Gasteiger partial charge is 0.479 e. The summed E-state index contributed by atoms with van der Waals surface area (Å²) in [5, 5.41) is -0.250. The Kier molecular flexibility index (Phi) is 8.76. The van der Waals surface area contributed by atoms with Gasteiger partial charge in [-0.05, 0) is 36.2 Å². The largest absolute Gasteiger partial charge is 0.497 e. The van der Waals surface area contributed by atoms with Crippen LogP contribution in [0.1, 0.15) is 18.2 Å². The molecule has 5 rings (SSSR count). The SMILES string of the molecule is COc1ccc(P(=O)(O)OP(=O)(O)OC[C@H]2O[C@@H](n3ccc(=O)[nH]c3=O)C3OC(CCc4ccccc4)O[C@H]32)cc1. The Balaban J connectivity index is 1.29.